The molecule has 0 unspecified atom stereocenters. The van der Waals surface area contributed by atoms with Gasteiger partial charge in [0, 0.05) is 45.0 Å². The Morgan fingerprint density at radius 2 is 1.52 bits per heavy atom. The van der Waals surface area contributed by atoms with Gasteiger partial charge in [-0.15, -0.1) is 0 Å². The molecule has 6 heteroatoms. The van der Waals surface area contributed by atoms with Crippen molar-refractivity contribution in [3.63, 3.8) is 0 Å². The molecule has 0 spiro atoms. The van der Waals surface area contributed by atoms with E-state index in [1.165, 1.54) is 31.4 Å². The van der Waals surface area contributed by atoms with Crippen LogP contribution in [0, 0.1) is 0 Å². The summed E-state index contributed by atoms with van der Waals surface area (Å²) in [5.74, 6) is 0. The number of ether oxygens (including phenoxy) is 1. The van der Waals surface area contributed by atoms with Crippen LogP contribution in [-0.4, -0.2) is 63.4 Å². The summed E-state index contributed by atoms with van der Waals surface area (Å²) in [5.41, 5.74) is 3.32. The molecule has 3 aliphatic heterocycles. The molecule has 0 bridgehead atoms. The van der Waals surface area contributed by atoms with Crippen molar-refractivity contribution in [3.05, 3.63) is 18.2 Å². The van der Waals surface area contributed by atoms with E-state index in [4.69, 9.17) is 4.74 Å². The standard InChI is InChI=1S/C19H28N4O2/c24-19(23-11-13-25-14-12-23)20-17-15-16(21-7-1-2-8-21)5-6-18(17)22-9-3-4-10-22/h5-6,15H,1-4,7-14H2,(H,20,24). The normalized spacial score (nSPS) is 21.0. The summed E-state index contributed by atoms with van der Waals surface area (Å²) in [6, 6.07) is 6.55. The van der Waals surface area contributed by atoms with Crippen LogP contribution in [0.1, 0.15) is 25.7 Å². The first-order valence-corrected chi connectivity index (χ1v) is 9.59. The Hall–Kier alpha value is -1.95. The van der Waals surface area contributed by atoms with Gasteiger partial charge >= 0.3 is 6.03 Å². The number of anilines is 3. The summed E-state index contributed by atoms with van der Waals surface area (Å²) in [6.07, 6.45) is 4.96. The predicted molar refractivity (Wildman–Crippen MR) is 101 cm³/mol. The molecule has 3 fully saturated rings. The van der Waals surface area contributed by atoms with E-state index in [0.29, 0.717) is 26.3 Å². The topological polar surface area (TPSA) is 48.1 Å². The summed E-state index contributed by atoms with van der Waals surface area (Å²) >= 11 is 0. The maximum Gasteiger partial charge on any atom is 0.322 e. The number of nitrogens with one attached hydrogen (secondary N) is 1. The number of benzene rings is 1. The number of hydrogen-bond acceptors (Lipinski definition) is 4. The zero-order valence-electron chi connectivity index (χ0n) is 14.9. The molecule has 1 aromatic rings. The molecule has 2 amide bonds. The number of urea groups is 1. The fourth-order valence-corrected chi connectivity index (χ4v) is 3.99. The summed E-state index contributed by atoms with van der Waals surface area (Å²) in [5, 5.41) is 3.18. The van der Waals surface area contributed by atoms with Crippen molar-refractivity contribution in [2.45, 2.75) is 25.7 Å². The summed E-state index contributed by atoms with van der Waals surface area (Å²) < 4.78 is 5.36. The quantitative estimate of drug-likeness (QED) is 0.916. The lowest BCUT2D eigenvalue weighted by Gasteiger charge is -2.29. The second-order valence-corrected chi connectivity index (χ2v) is 7.12. The molecule has 1 aromatic carbocycles. The minimum atomic E-state index is -0.0117. The highest BCUT2D eigenvalue weighted by molar-refractivity contribution is 5.94. The van der Waals surface area contributed by atoms with Gasteiger partial charge < -0.3 is 24.8 Å². The summed E-state index contributed by atoms with van der Waals surface area (Å²) in [4.78, 5) is 19.3. The van der Waals surface area contributed by atoms with Gasteiger partial charge in [0.25, 0.3) is 0 Å². The van der Waals surface area contributed by atoms with E-state index in [-0.39, 0.29) is 6.03 Å². The van der Waals surface area contributed by atoms with Crippen molar-refractivity contribution in [2.75, 3.05) is 67.6 Å². The SMILES string of the molecule is O=C(Nc1cc(N2CCCC2)ccc1N1CCCC1)N1CCOCC1. The predicted octanol–water partition coefficient (Wildman–Crippen LogP) is 2.75. The molecule has 136 valence electrons. The number of hydrogen-bond donors (Lipinski definition) is 1. The van der Waals surface area contributed by atoms with Crippen molar-refractivity contribution in [3.8, 4) is 0 Å². The lowest BCUT2D eigenvalue weighted by Crippen LogP contribution is -2.43. The van der Waals surface area contributed by atoms with Crippen molar-refractivity contribution in [2.24, 2.45) is 0 Å². The van der Waals surface area contributed by atoms with Crippen LogP contribution in [0.15, 0.2) is 18.2 Å². The number of morpholine rings is 1. The molecule has 0 aromatic heterocycles. The van der Waals surface area contributed by atoms with Crippen molar-refractivity contribution < 1.29 is 9.53 Å². The number of amides is 2. The number of nitrogens with zero attached hydrogens (tertiary/aromatic N) is 3. The van der Waals surface area contributed by atoms with Gasteiger partial charge in [-0.25, -0.2) is 4.79 Å². The van der Waals surface area contributed by atoms with E-state index in [1.807, 2.05) is 4.90 Å². The monoisotopic (exact) mass is 344 g/mol. The number of rotatable bonds is 3. The summed E-state index contributed by atoms with van der Waals surface area (Å²) in [7, 11) is 0. The molecule has 0 saturated carbocycles. The van der Waals surface area contributed by atoms with Gasteiger partial charge in [0.05, 0.1) is 24.6 Å². The molecule has 3 saturated heterocycles. The van der Waals surface area contributed by atoms with Crippen molar-refractivity contribution >= 4 is 23.1 Å². The lowest BCUT2D eigenvalue weighted by atomic mass is 10.2. The first kappa shape index (κ1) is 16.5. The average molecular weight is 344 g/mol. The van der Waals surface area contributed by atoms with E-state index in [2.05, 4.69) is 33.3 Å². The third-order valence-electron chi connectivity index (χ3n) is 5.44. The van der Waals surface area contributed by atoms with Crippen LogP contribution in [0.5, 0.6) is 0 Å². The Kier molecular flexibility index (Phi) is 4.97. The molecule has 4 rings (SSSR count). The lowest BCUT2D eigenvalue weighted by molar-refractivity contribution is 0.0564. The maximum absolute atomic E-state index is 12.7. The minimum absolute atomic E-state index is 0.0117. The summed E-state index contributed by atoms with van der Waals surface area (Å²) in [6.45, 7) is 6.95. The Morgan fingerprint density at radius 3 is 2.20 bits per heavy atom. The zero-order chi connectivity index (χ0) is 17.1. The molecule has 3 aliphatic rings. The second-order valence-electron chi connectivity index (χ2n) is 7.12. The van der Waals surface area contributed by atoms with Crippen LogP contribution in [0.2, 0.25) is 0 Å². The van der Waals surface area contributed by atoms with Crippen LogP contribution in [0.3, 0.4) is 0 Å². The van der Waals surface area contributed by atoms with Gasteiger partial charge in [0.2, 0.25) is 0 Å². The maximum atomic E-state index is 12.7. The Morgan fingerprint density at radius 1 is 0.880 bits per heavy atom. The molecule has 3 heterocycles. The third-order valence-corrected chi connectivity index (χ3v) is 5.44. The Bertz CT molecular complexity index is 603. The fraction of sp³-hybridized carbons (Fsp3) is 0.632. The molecule has 25 heavy (non-hydrogen) atoms. The van der Waals surface area contributed by atoms with E-state index >= 15 is 0 Å². The van der Waals surface area contributed by atoms with E-state index in [0.717, 1.165) is 37.6 Å². The molecule has 1 N–H and O–H groups in total. The van der Waals surface area contributed by atoms with E-state index in [9.17, 15) is 4.79 Å². The highest BCUT2D eigenvalue weighted by Gasteiger charge is 2.22. The molecule has 0 aliphatic carbocycles. The van der Waals surface area contributed by atoms with Gasteiger partial charge in [-0.1, -0.05) is 0 Å². The van der Waals surface area contributed by atoms with E-state index in [1.54, 1.807) is 0 Å². The third kappa shape index (κ3) is 3.68. The van der Waals surface area contributed by atoms with Crippen molar-refractivity contribution in [1.82, 2.24) is 4.90 Å². The Balaban J connectivity index is 1.57. The molecule has 0 atom stereocenters. The van der Waals surface area contributed by atoms with Gasteiger partial charge in [0.1, 0.15) is 0 Å². The smallest absolute Gasteiger partial charge is 0.322 e. The second kappa shape index (κ2) is 7.52. The first-order valence-electron chi connectivity index (χ1n) is 9.59. The zero-order valence-corrected chi connectivity index (χ0v) is 14.9. The van der Waals surface area contributed by atoms with Gasteiger partial charge in [-0.05, 0) is 43.9 Å². The molecular weight excluding hydrogens is 316 g/mol. The Labute approximate surface area is 149 Å². The van der Waals surface area contributed by atoms with Gasteiger partial charge in [-0.2, -0.15) is 0 Å². The highest BCUT2D eigenvalue weighted by atomic mass is 16.5. The van der Waals surface area contributed by atoms with Crippen molar-refractivity contribution in [1.29, 1.82) is 0 Å². The first-order chi connectivity index (χ1) is 12.3. The fourth-order valence-electron chi connectivity index (χ4n) is 3.99. The minimum Gasteiger partial charge on any atom is -0.378 e. The van der Waals surface area contributed by atoms with E-state index < -0.39 is 0 Å². The molecular formula is C19H28N4O2. The van der Waals surface area contributed by atoms with Gasteiger partial charge in [0.15, 0.2) is 0 Å². The van der Waals surface area contributed by atoms with Crippen LogP contribution in [-0.2, 0) is 4.74 Å². The number of carbonyl (C=O) groups is 1. The van der Waals surface area contributed by atoms with Crippen LogP contribution >= 0.6 is 0 Å². The molecule has 6 nitrogen and oxygen atoms in total. The number of carbonyl (C=O) groups excluding carboxylic acids is 1. The van der Waals surface area contributed by atoms with Crippen LogP contribution < -0.4 is 15.1 Å². The highest BCUT2D eigenvalue weighted by Crippen LogP contribution is 2.34. The largest absolute Gasteiger partial charge is 0.378 e. The van der Waals surface area contributed by atoms with Crippen LogP contribution in [0.25, 0.3) is 0 Å². The average Bonchev–Trinajstić information content (AvgIpc) is 3.36. The van der Waals surface area contributed by atoms with Gasteiger partial charge in [-0.3, -0.25) is 0 Å². The van der Waals surface area contributed by atoms with Crippen LogP contribution in [0.4, 0.5) is 21.9 Å². The molecule has 0 radical (unpaired) electrons.